The molecular formula is C21H23FN2O5S. The second-order valence-corrected chi connectivity index (χ2v) is 8.99. The van der Waals surface area contributed by atoms with E-state index >= 15 is 0 Å². The van der Waals surface area contributed by atoms with E-state index < -0.39 is 21.8 Å². The molecule has 1 aliphatic heterocycles. The summed E-state index contributed by atoms with van der Waals surface area (Å²) in [6.07, 6.45) is 0. The Labute approximate surface area is 175 Å². The van der Waals surface area contributed by atoms with Crippen LogP contribution in [0.3, 0.4) is 0 Å². The number of piperazine rings is 1. The maximum Gasteiger partial charge on any atom is 0.337 e. The molecule has 0 spiro atoms. The SMILES string of the molecule is COC(=O)c1ccc(C)c(S(=O)(=O)N2CCN(c3ccc(C(C)=O)cc3F)CC2)c1. The fraction of sp³-hybridized carbons (Fsp3) is 0.333. The van der Waals surface area contributed by atoms with Crippen LogP contribution in [0.4, 0.5) is 10.1 Å². The van der Waals surface area contributed by atoms with Crippen molar-refractivity contribution in [3.05, 3.63) is 58.9 Å². The first-order valence-corrected chi connectivity index (χ1v) is 10.8. The Kier molecular flexibility index (Phi) is 6.23. The third-order valence-electron chi connectivity index (χ3n) is 5.16. The van der Waals surface area contributed by atoms with Gasteiger partial charge in [-0.1, -0.05) is 6.07 Å². The Morgan fingerprint density at radius 2 is 1.63 bits per heavy atom. The summed E-state index contributed by atoms with van der Waals surface area (Å²) in [5.74, 6) is -1.35. The summed E-state index contributed by atoms with van der Waals surface area (Å²) in [4.78, 5) is 25.0. The summed E-state index contributed by atoms with van der Waals surface area (Å²) >= 11 is 0. The third kappa shape index (κ3) is 4.22. The minimum absolute atomic E-state index is 0.0517. The van der Waals surface area contributed by atoms with E-state index in [0.717, 1.165) is 0 Å². The summed E-state index contributed by atoms with van der Waals surface area (Å²) in [7, 11) is -2.60. The molecule has 0 aliphatic carbocycles. The van der Waals surface area contributed by atoms with Crippen LogP contribution in [0.15, 0.2) is 41.3 Å². The van der Waals surface area contributed by atoms with Crippen LogP contribution in [0.1, 0.15) is 33.2 Å². The van der Waals surface area contributed by atoms with E-state index in [1.54, 1.807) is 30.0 Å². The molecule has 2 aromatic carbocycles. The lowest BCUT2D eigenvalue weighted by Gasteiger charge is -2.35. The average molecular weight is 434 g/mol. The summed E-state index contributed by atoms with van der Waals surface area (Å²) in [5.41, 5.74) is 1.31. The van der Waals surface area contributed by atoms with Gasteiger partial charge in [0.15, 0.2) is 5.78 Å². The van der Waals surface area contributed by atoms with Gasteiger partial charge in [0.25, 0.3) is 0 Å². The number of esters is 1. The molecule has 0 unspecified atom stereocenters. The van der Waals surface area contributed by atoms with Crippen LogP contribution in [-0.4, -0.2) is 57.8 Å². The quantitative estimate of drug-likeness (QED) is 0.531. The second-order valence-electron chi connectivity index (χ2n) is 7.09. The van der Waals surface area contributed by atoms with Gasteiger partial charge >= 0.3 is 5.97 Å². The fourth-order valence-electron chi connectivity index (χ4n) is 3.41. The number of sulfonamides is 1. The number of Topliss-reactive ketones (excluding diaryl/α,β-unsaturated/α-hetero) is 1. The molecule has 0 aromatic heterocycles. The molecule has 9 heteroatoms. The molecule has 2 aromatic rings. The lowest BCUT2D eigenvalue weighted by Crippen LogP contribution is -2.49. The number of nitrogens with zero attached hydrogens (tertiary/aromatic N) is 2. The lowest BCUT2D eigenvalue weighted by molar-refractivity contribution is 0.0600. The standard InChI is InChI=1S/C21H23FN2O5S/c1-14-4-5-17(21(26)29-3)13-20(14)30(27,28)24-10-8-23(9-11-24)19-7-6-16(15(2)25)12-18(19)22/h4-7,12-13H,8-11H2,1-3H3. The minimum Gasteiger partial charge on any atom is -0.465 e. The summed E-state index contributed by atoms with van der Waals surface area (Å²) < 4.78 is 46.7. The van der Waals surface area contributed by atoms with Gasteiger partial charge in [0, 0.05) is 31.7 Å². The number of rotatable bonds is 5. The normalized spacial score (nSPS) is 15.1. The van der Waals surface area contributed by atoms with E-state index in [1.807, 2.05) is 0 Å². The zero-order valence-electron chi connectivity index (χ0n) is 17.0. The number of carbonyl (C=O) groups excluding carboxylic acids is 2. The first-order chi connectivity index (χ1) is 14.1. The fourth-order valence-corrected chi connectivity index (χ4v) is 5.09. The van der Waals surface area contributed by atoms with Crippen molar-refractivity contribution in [3.8, 4) is 0 Å². The molecule has 0 saturated carbocycles. The zero-order chi connectivity index (χ0) is 22.1. The van der Waals surface area contributed by atoms with E-state index in [4.69, 9.17) is 0 Å². The largest absolute Gasteiger partial charge is 0.465 e. The monoisotopic (exact) mass is 434 g/mol. The maximum atomic E-state index is 14.4. The zero-order valence-corrected chi connectivity index (χ0v) is 17.8. The van der Waals surface area contributed by atoms with Gasteiger partial charge in [-0.2, -0.15) is 4.31 Å². The number of ketones is 1. The van der Waals surface area contributed by atoms with Crippen LogP contribution in [-0.2, 0) is 14.8 Å². The first kappa shape index (κ1) is 21.9. The summed E-state index contributed by atoms with van der Waals surface area (Å²) in [5, 5.41) is 0. The van der Waals surface area contributed by atoms with Crippen LogP contribution in [0.2, 0.25) is 0 Å². The number of hydrogen-bond donors (Lipinski definition) is 0. The smallest absolute Gasteiger partial charge is 0.337 e. The maximum absolute atomic E-state index is 14.4. The third-order valence-corrected chi connectivity index (χ3v) is 7.20. The van der Waals surface area contributed by atoms with E-state index in [9.17, 15) is 22.4 Å². The highest BCUT2D eigenvalue weighted by Crippen LogP contribution is 2.26. The van der Waals surface area contributed by atoms with Gasteiger partial charge in [-0.3, -0.25) is 4.79 Å². The molecule has 30 heavy (non-hydrogen) atoms. The van der Waals surface area contributed by atoms with E-state index in [1.165, 1.54) is 36.5 Å². The predicted molar refractivity (Wildman–Crippen MR) is 110 cm³/mol. The number of ether oxygens (including phenoxy) is 1. The molecule has 3 rings (SSSR count). The van der Waals surface area contributed by atoms with Gasteiger partial charge in [0.1, 0.15) is 5.82 Å². The first-order valence-electron chi connectivity index (χ1n) is 9.39. The Bertz CT molecular complexity index is 1090. The Balaban J connectivity index is 1.79. The second kappa shape index (κ2) is 8.53. The van der Waals surface area contributed by atoms with Crippen LogP contribution in [0.25, 0.3) is 0 Å². The molecule has 1 fully saturated rings. The number of carbonyl (C=O) groups is 2. The number of aryl methyl sites for hydroxylation is 1. The molecule has 0 N–H and O–H groups in total. The van der Waals surface area contributed by atoms with Crippen LogP contribution in [0, 0.1) is 12.7 Å². The number of benzene rings is 2. The van der Waals surface area contributed by atoms with Gasteiger partial charge in [-0.15, -0.1) is 0 Å². The van der Waals surface area contributed by atoms with Crippen molar-refractivity contribution < 1.29 is 27.1 Å². The number of methoxy groups -OCH3 is 1. The van der Waals surface area contributed by atoms with Crippen molar-refractivity contribution in [2.45, 2.75) is 18.7 Å². The van der Waals surface area contributed by atoms with Crippen molar-refractivity contribution >= 4 is 27.5 Å². The molecule has 1 aliphatic rings. The number of anilines is 1. The topological polar surface area (TPSA) is 84.0 Å². The highest BCUT2D eigenvalue weighted by Gasteiger charge is 2.31. The Morgan fingerprint density at radius 3 is 2.20 bits per heavy atom. The summed E-state index contributed by atoms with van der Waals surface area (Å²) in [6.45, 7) is 3.96. The van der Waals surface area contributed by atoms with Crippen molar-refractivity contribution in [1.82, 2.24) is 4.31 Å². The van der Waals surface area contributed by atoms with Crippen molar-refractivity contribution in [2.75, 3.05) is 38.2 Å². The van der Waals surface area contributed by atoms with Gasteiger partial charge in [-0.25, -0.2) is 17.6 Å². The number of halogens is 1. The lowest BCUT2D eigenvalue weighted by atomic mass is 10.1. The molecule has 0 radical (unpaired) electrons. The molecule has 1 saturated heterocycles. The van der Waals surface area contributed by atoms with Gasteiger partial charge < -0.3 is 9.64 Å². The average Bonchev–Trinajstić information content (AvgIpc) is 2.73. The molecule has 0 bridgehead atoms. The van der Waals surface area contributed by atoms with Gasteiger partial charge in [0.2, 0.25) is 10.0 Å². The van der Waals surface area contributed by atoms with Gasteiger partial charge in [0.05, 0.1) is 23.3 Å². The predicted octanol–water partition coefficient (Wildman–Crippen LogP) is 2.63. The Hall–Kier alpha value is -2.78. The van der Waals surface area contributed by atoms with Crippen molar-refractivity contribution in [2.24, 2.45) is 0 Å². The van der Waals surface area contributed by atoms with Crippen LogP contribution in [0.5, 0.6) is 0 Å². The molecular weight excluding hydrogens is 411 g/mol. The van der Waals surface area contributed by atoms with Crippen molar-refractivity contribution in [3.63, 3.8) is 0 Å². The molecule has 0 atom stereocenters. The molecule has 0 amide bonds. The van der Waals surface area contributed by atoms with E-state index in [0.29, 0.717) is 29.9 Å². The molecule has 7 nitrogen and oxygen atoms in total. The van der Waals surface area contributed by atoms with E-state index in [2.05, 4.69) is 4.74 Å². The summed E-state index contributed by atoms with van der Waals surface area (Å²) in [6, 6.07) is 8.71. The van der Waals surface area contributed by atoms with E-state index in [-0.39, 0.29) is 29.3 Å². The van der Waals surface area contributed by atoms with Crippen LogP contribution < -0.4 is 4.90 Å². The number of hydrogen-bond acceptors (Lipinski definition) is 6. The Morgan fingerprint density at radius 1 is 1.00 bits per heavy atom. The minimum atomic E-state index is -3.83. The molecule has 160 valence electrons. The van der Waals surface area contributed by atoms with Crippen molar-refractivity contribution in [1.29, 1.82) is 0 Å². The highest BCUT2D eigenvalue weighted by molar-refractivity contribution is 7.89. The van der Waals surface area contributed by atoms with Crippen LogP contribution >= 0.6 is 0 Å². The highest BCUT2D eigenvalue weighted by atomic mass is 32.2. The molecule has 1 heterocycles. The van der Waals surface area contributed by atoms with Gasteiger partial charge in [-0.05, 0) is 49.7 Å².